The van der Waals surface area contributed by atoms with E-state index in [9.17, 15) is 19.5 Å². The van der Waals surface area contributed by atoms with Crippen molar-refractivity contribution in [3.8, 4) is 0 Å². The molecule has 0 heterocycles. The summed E-state index contributed by atoms with van der Waals surface area (Å²) in [6.45, 7) is 6.12. The predicted octanol–water partition coefficient (Wildman–Crippen LogP) is 4.46. The molecule has 3 rings (SSSR count). The van der Waals surface area contributed by atoms with Crippen molar-refractivity contribution in [3.05, 3.63) is 0 Å². The highest BCUT2D eigenvalue weighted by Crippen LogP contribution is 2.55. The van der Waals surface area contributed by atoms with Crippen LogP contribution in [-0.4, -0.2) is 52.4 Å². The van der Waals surface area contributed by atoms with Crippen LogP contribution in [0.25, 0.3) is 0 Å². The number of alkyl halides is 2. The number of carboxylic acids is 1. The maximum atomic E-state index is 13.1. The Kier molecular flexibility index (Phi) is 9.42. The normalized spacial score (nSPS) is 38.0. The molecule has 3 saturated carbocycles. The second-order valence-electron chi connectivity index (χ2n) is 11.7. The first kappa shape index (κ1) is 28.5. The molecule has 0 saturated heterocycles. The second kappa shape index (κ2) is 11.6. The van der Waals surface area contributed by atoms with Crippen LogP contribution in [0.3, 0.4) is 0 Å². The number of carboxylic acid groups (broad SMARTS) is 1. The SMILES string of the molecule is CC1(C)[C@@H](C(=O)N[C@@H](CC2CCC(OCC3C(Cl)CCCC3Cl)CC2)C(=O)O)CC[C@@]1(C)C(N)=O. The number of amides is 2. The Balaban J connectivity index is 1.49. The molecule has 5 atom stereocenters. The van der Waals surface area contributed by atoms with Crippen molar-refractivity contribution in [3.63, 3.8) is 0 Å². The van der Waals surface area contributed by atoms with Crippen molar-refractivity contribution in [1.82, 2.24) is 5.32 Å². The zero-order chi connectivity index (χ0) is 26.0. The molecule has 7 nitrogen and oxygen atoms in total. The third-order valence-electron chi connectivity index (χ3n) is 9.48. The van der Waals surface area contributed by atoms with Crippen molar-refractivity contribution >= 4 is 41.0 Å². The zero-order valence-electron chi connectivity index (χ0n) is 21.2. The summed E-state index contributed by atoms with van der Waals surface area (Å²) < 4.78 is 6.17. The summed E-state index contributed by atoms with van der Waals surface area (Å²) >= 11 is 12.9. The summed E-state index contributed by atoms with van der Waals surface area (Å²) in [5.41, 5.74) is 4.20. The molecule has 0 aromatic rings. The van der Waals surface area contributed by atoms with E-state index in [0.29, 0.717) is 25.9 Å². The minimum atomic E-state index is -1.02. The van der Waals surface area contributed by atoms with E-state index in [4.69, 9.17) is 33.7 Å². The highest BCUT2D eigenvalue weighted by Gasteiger charge is 2.57. The lowest BCUT2D eigenvalue weighted by molar-refractivity contribution is -0.145. The molecule has 0 aromatic heterocycles. The average molecular weight is 534 g/mol. The Morgan fingerprint density at radius 3 is 2.14 bits per heavy atom. The highest BCUT2D eigenvalue weighted by atomic mass is 35.5. The van der Waals surface area contributed by atoms with Crippen LogP contribution >= 0.6 is 23.2 Å². The number of nitrogens with one attached hydrogen (secondary N) is 1. The van der Waals surface area contributed by atoms with E-state index >= 15 is 0 Å². The number of halogens is 2. The Labute approximate surface area is 219 Å². The highest BCUT2D eigenvalue weighted by molar-refractivity contribution is 6.24. The molecule has 0 spiro atoms. The molecule has 9 heteroatoms. The summed E-state index contributed by atoms with van der Waals surface area (Å²) in [6, 6.07) is -0.947. The summed E-state index contributed by atoms with van der Waals surface area (Å²) in [5, 5.41) is 12.7. The van der Waals surface area contributed by atoms with Gasteiger partial charge in [0.2, 0.25) is 11.8 Å². The Morgan fingerprint density at radius 1 is 1.03 bits per heavy atom. The van der Waals surface area contributed by atoms with Gasteiger partial charge in [0.15, 0.2) is 0 Å². The van der Waals surface area contributed by atoms with Gasteiger partial charge in [-0.05, 0) is 69.1 Å². The lowest BCUT2D eigenvalue weighted by Gasteiger charge is -2.39. The van der Waals surface area contributed by atoms with Gasteiger partial charge in [-0.2, -0.15) is 0 Å². The number of carbonyl (C=O) groups is 3. The molecule has 200 valence electrons. The number of nitrogens with two attached hydrogens (primary N) is 1. The third kappa shape index (κ3) is 6.27. The molecule has 2 amide bonds. The van der Waals surface area contributed by atoms with Crippen LogP contribution in [-0.2, 0) is 19.1 Å². The summed E-state index contributed by atoms with van der Waals surface area (Å²) in [4.78, 5) is 37.2. The predicted molar refractivity (Wildman–Crippen MR) is 136 cm³/mol. The van der Waals surface area contributed by atoms with E-state index in [-0.39, 0.29) is 34.6 Å². The fourth-order valence-electron chi connectivity index (χ4n) is 6.38. The number of hydrogen-bond acceptors (Lipinski definition) is 4. The van der Waals surface area contributed by atoms with Gasteiger partial charge >= 0.3 is 5.97 Å². The second-order valence-corrected chi connectivity index (χ2v) is 12.9. The number of ether oxygens (including phenoxy) is 1. The van der Waals surface area contributed by atoms with Gasteiger partial charge in [-0.15, -0.1) is 23.2 Å². The van der Waals surface area contributed by atoms with Crippen molar-refractivity contribution < 1.29 is 24.2 Å². The lowest BCUT2D eigenvalue weighted by atomic mass is 9.65. The average Bonchev–Trinajstić information content (AvgIpc) is 3.03. The van der Waals surface area contributed by atoms with E-state index in [1.807, 2.05) is 13.8 Å². The Bertz CT molecular complexity index is 776. The zero-order valence-corrected chi connectivity index (χ0v) is 22.7. The summed E-state index contributed by atoms with van der Waals surface area (Å²) in [5.74, 6) is -1.82. The van der Waals surface area contributed by atoms with Gasteiger partial charge < -0.3 is 20.9 Å². The summed E-state index contributed by atoms with van der Waals surface area (Å²) in [6.07, 6.45) is 8.04. The first-order valence-electron chi connectivity index (χ1n) is 13.1. The van der Waals surface area contributed by atoms with Crippen LogP contribution in [0.5, 0.6) is 0 Å². The molecule has 2 unspecified atom stereocenters. The van der Waals surface area contributed by atoms with Crippen molar-refractivity contribution in [2.45, 2.75) is 108 Å². The van der Waals surface area contributed by atoms with Crippen LogP contribution in [0.2, 0.25) is 0 Å². The number of aliphatic carboxylic acids is 1. The first-order chi connectivity index (χ1) is 16.4. The van der Waals surface area contributed by atoms with Crippen LogP contribution < -0.4 is 11.1 Å². The molecular formula is C26H42Cl2N2O5. The largest absolute Gasteiger partial charge is 0.480 e. The smallest absolute Gasteiger partial charge is 0.326 e. The minimum absolute atomic E-state index is 0.0632. The fourth-order valence-corrected chi connectivity index (χ4v) is 7.26. The molecule has 3 aliphatic carbocycles. The molecular weight excluding hydrogens is 491 g/mol. The van der Waals surface area contributed by atoms with Crippen LogP contribution in [0.4, 0.5) is 0 Å². The van der Waals surface area contributed by atoms with E-state index < -0.39 is 34.7 Å². The fraction of sp³-hybridized carbons (Fsp3) is 0.885. The van der Waals surface area contributed by atoms with Gasteiger partial charge in [0, 0.05) is 22.6 Å². The number of rotatable bonds is 9. The number of primary amides is 1. The number of hydrogen-bond donors (Lipinski definition) is 3. The van der Waals surface area contributed by atoms with Gasteiger partial charge in [0.1, 0.15) is 6.04 Å². The maximum Gasteiger partial charge on any atom is 0.326 e. The lowest BCUT2D eigenvalue weighted by Crippen LogP contribution is -2.51. The molecule has 0 aromatic carbocycles. The van der Waals surface area contributed by atoms with E-state index in [1.54, 1.807) is 6.92 Å². The number of carbonyl (C=O) groups excluding carboxylic acids is 2. The topological polar surface area (TPSA) is 119 Å². The van der Waals surface area contributed by atoms with Gasteiger partial charge in [-0.1, -0.05) is 27.2 Å². The first-order valence-corrected chi connectivity index (χ1v) is 14.0. The van der Waals surface area contributed by atoms with Crippen molar-refractivity contribution in [2.24, 2.45) is 34.3 Å². The molecule has 3 fully saturated rings. The standard InChI is InChI=1S/C26H42Cl2N2O5/c1-25(2)18(11-12-26(25,3)24(29)34)22(31)30-21(23(32)33)13-15-7-9-16(10-8-15)35-14-17-19(27)5-4-6-20(17)28/h15-21H,4-14H2,1-3H3,(H2,29,34)(H,30,31)(H,32,33)/t15?,16?,17?,18-,19?,20?,21+,26+/m1/s1. The Hall–Kier alpha value is -1.05. The van der Waals surface area contributed by atoms with E-state index in [1.165, 1.54) is 0 Å². The molecule has 3 aliphatic rings. The van der Waals surface area contributed by atoms with Crippen LogP contribution in [0.1, 0.15) is 85.0 Å². The Morgan fingerprint density at radius 2 is 1.63 bits per heavy atom. The van der Waals surface area contributed by atoms with Gasteiger partial charge in [0.05, 0.1) is 18.1 Å². The van der Waals surface area contributed by atoms with Crippen LogP contribution in [0, 0.1) is 28.6 Å². The van der Waals surface area contributed by atoms with Crippen LogP contribution in [0.15, 0.2) is 0 Å². The van der Waals surface area contributed by atoms with Gasteiger partial charge in [-0.3, -0.25) is 9.59 Å². The molecule has 0 bridgehead atoms. The maximum absolute atomic E-state index is 13.1. The quantitative estimate of drug-likeness (QED) is 0.378. The van der Waals surface area contributed by atoms with Gasteiger partial charge in [-0.25, -0.2) is 4.79 Å². The molecule has 0 aliphatic heterocycles. The van der Waals surface area contributed by atoms with E-state index in [0.717, 1.165) is 44.9 Å². The third-order valence-corrected chi connectivity index (χ3v) is 10.6. The van der Waals surface area contributed by atoms with Crippen molar-refractivity contribution in [2.75, 3.05) is 6.61 Å². The molecule has 4 N–H and O–H groups in total. The molecule has 35 heavy (non-hydrogen) atoms. The summed E-state index contributed by atoms with van der Waals surface area (Å²) in [7, 11) is 0. The minimum Gasteiger partial charge on any atom is -0.480 e. The monoisotopic (exact) mass is 532 g/mol. The van der Waals surface area contributed by atoms with Gasteiger partial charge in [0.25, 0.3) is 0 Å². The van der Waals surface area contributed by atoms with E-state index in [2.05, 4.69) is 5.32 Å². The molecule has 0 radical (unpaired) electrons. The van der Waals surface area contributed by atoms with Crippen molar-refractivity contribution in [1.29, 1.82) is 0 Å².